The van der Waals surface area contributed by atoms with Crippen LogP contribution in [-0.2, 0) is 0 Å². The van der Waals surface area contributed by atoms with Gasteiger partial charge in [-0.25, -0.2) is 0 Å². The monoisotopic (exact) mass is 202 g/mol. The van der Waals surface area contributed by atoms with Crippen molar-refractivity contribution in [2.75, 3.05) is 0 Å². The minimum Gasteiger partial charge on any atom is -0.368 e. The molecule has 0 spiro atoms. The zero-order chi connectivity index (χ0) is 11.3. The third-order valence-corrected chi connectivity index (χ3v) is 3.22. The molecule has 2 unspecified atom stereocenters. The molecule has 0 aliphatic rings. The molecule has 0 aromatic heterocycles. The Morgan fingerprint density at radius 2 is 1.29 bits per heavy atom. The second kappa shape index (κ2) is 6.41. The van der Waals surface area contributed by atoms with Crippen LogP contribution in [0.4, 0.5) is 0 Å². The van der Waals surface area contributed by atoms with Crippen molar-refractivity contribution in [1.82, 2.24) is 0 Å². The molecular formula is C12H26O2. The molecule has 0 aromatic rings. The smallest absolute Gasteiger partial charge is 0.151 e. The van der Waals surface area contributed by atoms with E-state index in [9.17, 15) is 0 Å². The van der Waals surface area contributed by atoms with Gasteiger partial charge in [0.1, 0.15) is 0 Å². The lowest BCUT2D eigenvalue weighted by molar-refractivity contribution is -0.0693. The minimum atomic E-state index is -1.16. The molecule has 0 aliphatic carbocycles. The van der Waals surface area contributed by atoms with Gasteiger partial charge in [0.05, 0.1) is 0 Å². The summed E-state index contributed by atoms with van der Waals surface area (Å²) < 4.78 is 0. The molecule has 2 N–H and O–H groups in total. The quantitative estimate of drug-likeness (QED) is 0.650. The van der Waals surface area contributed by atoms with Crippen LogP contribution in [0.5, 0.6) is 0 Å². The lowest BCUT2D eigenvalue weighted by Gasteiger charge is -2.33. The van der Waals surface area contributed by atoms with Gasteiger partial charge in [0.2, 0.25) is 0 Å². The molecule has 0 amide bonds. The molecule has 2 heteroatoms. The van der Waals surface area contributed by atoms with E-state index in [1.807, 2.05) is 0 Å². The summed E-state index contributed by atoms with van der Waals surface area (Å²) >= 11 is 0. The van der Waals surface area contributed by atoms with Crippen LogP contribution in [0.15, 0.2) is 0 Å². The Kier molecular flexibility index (Phi) is 6.38. The van der Waals surface area contributed by atoms with Crippen LogP contribution < -0.4 is 0 Å². The first-order chi connectivity index (χ1) is 6.40. The topological polar surface area (TPSA) is 40.5 Å². The van der Waals surface area contributed by atoms with Gasteiger partial charge in [-0.2, -0.15) is 0 Å². The SMILES string of the molecule is CCC(C(C)C)C(CC(O)O)C(C)C. The van der Waals surface area contributed by atoms with Gasteiger partial charge in [0.15, 0.2) is 6.29 Å². The van der Waals surface area contributed by atoms with Gasteiger partial charge >= 0.3 is 0 Å². The van der Waals surface area contributed by atoms with Crippen molar-refractivity contribution in [2.45, 2.75) is 53.8 Å². The number of aliphatic hydroxyl groups is 2. The molecule has 0 radical (unpaired) electrons. The van der Waals surface area contributed by atoms with Crippen molar-refractivity contribution in [2.24, 2.45) is 23.7 Å². The lowest BCUT2D eigenvalue weighted by atomic mass is 9.74. The second-order valence-corrected chi connectivity index (χ2v) is 4.94. The van der Waals surface area contributed by atoms with Gasteiger partial charge in [-0.05, 0) is 23.7 Å². The highest BCUT2D eigenvalue weighted by atomic mass is 16.5. The zero-order valence-electron chi connectivity index (χ0n) is 10.2. The Bertz CT molecular complexity index is 141. The van der Waals surface area contributed by atoms with Gasteiger partial charge in [-0.3, -0.25) is 0 Å². The predicted molar refractivity (Wildman–Crippen MR) is 59.8 cm³/mol. The summed E-state index contributed by atoms with van der Waals surface area (Å²) in [6.45, 7) is 10.9. The van der Waals surface area contributed by atoms with Crippen LogP contribution in [0.25, 0.3) is 0 Å². The molecule has 0 fully saturated rings. The second-order valence-electron chi connectivity index (χ2n) is 4.94. The van der Waals surface area contributed by atoms with Crippen LogP contribution in [0.1, 0.15) is 47.5 Å². The first kappa shape index (κ1) is 13.9. The van der Waals surface area contributed by atoms with Crippen molar-refractivity contribution in [3.8, 4) is 0 Å². The third-order valence-electron chi connectivity index (χ3n) is 3.22. The molecule has 0 heterocycles. The number of hydrogen-bond donors (Lipinski definition) is 2. The van der Waals surface area contributed by atoms with E-state index < -0.39 is 6.29 Å². The third kappa shape index (κ3) is 4.43. The maximum atomic E-state index is 9.05. The standard InChI is InChI=1S/C12H26O2/c1-6-10(8(2)3)11(9(4)5)7-12(13)14/h8-14H,6-7H2,1-5H3. The fraction of sp³-hybridized carbons (Fsp3) is 1.00. The van der Waals surface area contributed by atoms with E-state index in [2.05, 4.69) is 34.6 Å². The van der Waals surface area contributed by atoms with E-state index >= 15 is 0 Å². The Morgan fingerprint density at radius 3 is 1.50 bits per heavy atom. The number of rotatable bonds is 6. The summed E-state index contributed by atoms with van der Waals surface area (Å²) in [6, 6.07) is 0. The van der Waals surface area contributed by atoms with Gasteiger partial charge in [0.25, 0.3) is 0 Å². The first-order valence-corrected chi connectivity index (χ1v) is 5.76. The number of hydrogen-bond acceptors (Lipinski definition) is 2. The van der Waals surface area contributed by atoms with Crippen molar-refractivity contribution < 1.29 is 10.2 Å². The molecule has 14 heavy (non-hydrogen) atoms. The van der Waals surface area contributed by atoms with Gasteiger partial charge in [0, 0.05) is 6.42 Å². The zero-order valence-corrected chi connectivity index (χ0v) is 10.2. The van der Waals surface area contributed by atoms with E-state index in [1.165, 1.54) is 0 Å². The maximum absolute atomic E-state index is 9.05. The molecule has 2 nitrogen and oxygen atoms in total. The predicted octanol–water partition coefficient (Wildman–Crippen LogP) is 2.64. The van der Waals surface area contributed by atoms with E-state index in [-0.39, 0.29) is 0 Å². The van der Waals surface area contributed by atoms with Gasteiger partial charge < -0.3 is 10.2 Å². The molecule has 0 saturated carbocycles. The van der Waals surface area contributed by atoms with E-state index in [4.69, 9.17) is 10.2 Å². The van der Waals surface area contributed by atoms with E-state index in [0.717, 1.165) is 6.42 Å². The van der Waals surface area contributed by atoms with E-state index in [0.29, 0.717) is 30.1 Å². The molecular weight excluding hydrogens is 176 g/mol. The van der Waals surface area contributed by atoms with E-state index in [1.54, 1.807) is 0 Å². The van der Waals surface area contributed by atoms with Crippen LogP contribution in [-0.4, -0.2) is 16.5 Å². The Hall–Kier alpha value is -0.0800. The molecule has 0 aromatic carbocycles. The van der Waals surface area contributed by atoms with Crippen LogP contribution in [0.2, 0.25) is 0 Å². The van der Waals surface area contributed by atoms with Crippen LogP contribution in [0, 0.1) is 23.7 Å². The molecule has 0 aliphatic heterocycles. The summed E-state index contributed by atoms with van der Waals surface area (Å²) in [4.78, 5) is 0. The summed E-state index contributed by atoms with van der Waals surface area (Å²) in [5, 5.41) is 18.1. The average Bonchev–Trinajstić information content (AvgIpc) is 2.02. The molecule has 2 atom stereocenters. The highest BCUT2D eigenvalue weighted by molar-refractivity contribution is 4.75. The highest BCUT2D eigenvalue weighted by Crippen LogP contribution is 2.33. The molecule has 0 saturated heterocycles. The van der Waals surface area contributed by atoms with Crippen molar-refractivity contribution >= 4 is 0 Å². The Labute approximate surface area is 88.3 Å². The average molecular weight is 202 g/mol. The largest absolute Gasteiger partial charge is 0.368 e. The van der Waals surface area contributed by atoms with Gasteiger partial charge in [-0.15, -0.1) is 0 Å². The molecule has 0 bridgehead atoms. The molecule has 86 valence electrons. The summed E-state index contributed by atoms with van der Waals surface area (Å²) in [6.07, 6.45) is 0.469. The van der Waals surface area contributed by atoms with Crippen LogP contribution in [0.3, 0.4) is 0 Å². The Morgan fingerprint density at radius 1 is 0.857 bits per heavy atom. The summed E-state index contributed by atoms with van der Waals surface area (Å²) in [5.74, 6) is 2.15. The normalized spacial score (nSPS) is 16.7. The maximum Gasteiger partial charge on any atom is 0.151 e. The Balaban J connectivity index is 4.44. The first-order valence-electron chi connectivity index (χ1n) is 5.76. The van der Waals surface area contributed by atoms with Crippen molar-refractivity contribution in [3.05, 3.63) is 0 Å². The highest BCUT2D eigenvalue weighted by Gasteiger charge is 2.27. The van der Waals surface area contributed by atoms with Crippen molar-refractivity contribution in [1.29, 1.82) is 0 Å². The lowest BCUT2D eigenvalue weighted by Crippen LogP contribution is -2.28. The fourth-order valence-corrected chi connectivity index (χ4v) is 2.45. The van der Waals surface area contributed by atoms with Crippen molar-refractivity contribution in [3.63, 3.8) is 0 Å². The van der Waals surface area contributed by atoms with Gasteiger partial charge in [-0.1, -0.05) is 41.0 Å². The molecule has 0 rings (SSSR count). The number of aliphatic hydroxyl groups excluding tert-OH is 1. The van der Waals surface area contributed by atoms with Crippen LogP contribution >= 0.6 is 0 Å². The minimum absolute atomic E-state index is 0.417. The summed E-state index contributed by atoms with van der Waals surface area (Å²) in [7, 11) is 0. The fourth-order valence-electron chi connectivity index (χ4n) is 2.45. The summed E-state index contributed by atoms with van der Waals surface area (Å²) in [5.41, 5.74) is 0.